The van der Waals surface area contributed by atoms with Gasteiger partial charge in [0, 0.05) is 68.0 Å². The second-order valence-corrected chi connectivity index (χ2v) is 10.3. The van der Waals surface area contributed by atoms with E-state index in [4.69, 9.17) is 42.1 Å². The van der Waals surface area contributed by atoms with Crippen LogP contribution >= 0.6 is 23.2 Å². The lowest BCUT2D eigenvalue weighted by Crippen LogP contribution is -2.47. The third-order valence-electron chi connectivity index (χ3n) is 6.92. The normalized spacial score (nSPS) is 22.2. The molecule has 2 fully saturated rings. The molecule has 8 nitrogen and oxygen atoms in total. The minimum atomic E-state index is -1.06. The maximum atomic E-state index is 6.56. The Bertz CT molecular complexity index is 1160. The van der Waals surface area contributed by atoms with Crippen molar-refractivity contribution in [3.05, 3.63) is 76.8 Å². The van der Waals surface area contributed by atoms with Crippen LogP contribution in [-0.4, -0.2) is 79.7 Å². The molecule has 0 saturated carbocycles. The van der Waals surface area contributed by atoms with E-state index in [-0.39, 0.29) is 6.10 Å². The minimum Gasteiger partial charge on any atom is -0.491 e. The summed E-state index contributed by atoms with van der Waals surface area (Å²) in [6.45, 7) is 9.84. The molecule has 0 radical (unpaired) electrons. The first-order valence-electron chi connectivity index (χ1n) is 13.1. The Morgan fingerprint density at radius 2 is 1.89 bits per heavy atom. The van der Waals surface area contributed by atoms with Gasteiger partial charge in [-0.3, -0.25) is 4.90 Å². The molecule has 0 aliphatic carbocycles. The van der Waals surface area contributed by atoms with Crippen LogP contribution in [0.1, 0.15) is 12.5 Å². The zero-order valence-electron chi connectivity index (χ0n) is 21.6. The van der Waals surface area contributed by atoms with Gasteiger partial charge >= 0.3 is 0 Å². The number of benzene rings is 2. The van der Waals surface area contributed by atoms with Crippen LogP contribution in [0.4, 0.5) is 5.69 Å². The fourth-order valence-corrected chi connectivity index (χ4v) is 5.44. The molecule has 2 aromatic carbocycles. The standard InChI is InChI=1S/C28H34Cl2N4O4/c1-2-35-16-15-32-11-13-34(14-12-32)23-4-6-24(7-5-23)36-18-25-19-37-28(38-25,20-33-10-9-31-21-33)26-8-3-22(29)17-27(26)30/h3-10,17,21,25H,2,11-16,18-20H2,1H3/t25-,28-/m1/s1. The van der Waals surface area contributed by atoms with Crippen LogP contribution in [0.5, 0.6) is 5.75 Å². The van der Waals surface area contributed by atoms with Crippen LogP contribution in [0.25, 0.3) is 0 Å². The molecule has 0 unspecified atom stereocenters. The summed E-state index contributed by atoms with van der Waals surface area (Å²) in [7, 11) is 0. The molecule has 2 aliphatic heterocycles. The molecule has 5 rings (SSSR count). The average molecular weight is 562 g/mol. The van der Waals surface area contributed by atoms with Crippen molar-refractivity contribution in [3.8, 4) is 5.75 Å². The summed E-state index contributed by atoms with van der Waals surface area (Å²) in [5, 5.41) is 1.05. The molecule has 0 spiro atoms. The highest BCUT2D eigenvalue weighted by molar-refractivity contribution is 6.35. The number of ether oxygens (including phenoxy) is 4. The number of imidazole rings is 1. The Hall–Kier alpha value is -2.33. The molecule has 10 heteroatoms. The van der Waals surface area contributed by atoms with Crippen molar-refractivity contribution in [2.24, 2.45) is 0 Å². The summed E-state index contributed by atoms with van der Waals surface area (Å²) in [6.07, 6.45) is 5.04. The summed E-state index contributed by atoms with van der Waals surface area (Å²) in [4.78, 5) is 9.01. The Morgan fingerprint density at radius 1 is 1.08 bits per heavy atom. The molecule has 2 atom stereocenters. The van der Waals surface area contributed by atoms with Crippen molar-refractivity contribution in [3.63, 3.8) is 0 Å². The van der Waals surface area contributed by atoms with Gasteiger partial charge in [0.25, 0.3) is 0 Å². The van der Waals surface area contributed by atoms with Gasteiger partial charge in [-0.1, -0.05) is 29.3 Å². The monoisotopic (exact) mass is 560 g/mol. The van der Waals surface area contributed by atoms with Crippen molar-refractivity contribution in [1.29, 1.82) is 0 Å². The fourth-order valence-electron chi connectivity index (χ4n) is 4.89. The predicted octanol–water partition coefficient (Wildman–Crippen LogP) is 4.70. The van der Waals surface area contributed by atoms with Crippen molar-refractivity contribution in [1.82, 2.24) is 14.5 Å². The molecule has 38 heavy (non-hydrogen) atoms. The van der Waals surface area contributed by atoms with Crippen molar-refractivity contribution in [2.45, 2.75) is 25.4 Å². The van der Waals surface area contributed by atoms with Crippen molar-refractivity contribution >= 4 is 28.9 Å². The van der Waals surface area contributed by atoms with E-state index in [1.165, 1.54) is 5.69 Å². The van der Waals surface area contributed by atoms with Crippen LogP contribution < -0.4 is 9.64 Å². The maximum absolute atomic E-state index is 6.56. The summed E-state index contributed by atoms with van der Waals surface area (Å²) in [5.74, 6) is -0.269. The van der Waals surface area contributed by atoms with E-state index in [0.717, 1.165) is 57.3 Å². The Kier molecular flexibility index (Phi) is 9.09. The molecule has 0 amide bonds. The summed E-state index contributed by atoms with van der Waals surface area (Å²) in [6, 6.07) is 13.6. The van der Waals surface area contributed by atoms with E-state index in [1.54, 1.807) is 24.7 Å². The van der Waals surface area contributed by atoms with Crippen LogP contribution in [0.3, 0.4) is 0 Å². The third-order valence-corrected chi connectivity index (χ3v) is 7.46. The number of nitrogens with zero attached hydrogens (tertiary/aromatic N) is 4. The molecule has 3 aromatic rings. The summed E-state index contributed by atoms with van der Waals surface area (Å²) < 4.78 is 26.2. The number of halogens is 2. The van der Waals surface area contributed by atoms with Gasteiger partial charge in [0.05, 0.1) is 31.1 Å². The number of piperazine rings is 1. The van der Waals surface area contributed by atoms with Gasteiger partial charge < -0.3 is 28.4 Å². The SMILES string of the molecule is CCOCCN1CCN(c2ccc(OC[C@@H]3CO[C@@](Cn4ccnc4)(c4ccc(Cl)cc4Cl)O3)cc2)CC1. The maximum Gasteiger partial charge on any atom is 0.215 e. The lowest BCUT2D eigenvalue weighted by molar-refractivity contribution is -0.189. The zero-order valence-corrected chi connectivity index (χ0v) is 23.1. The number of hydrogen-bond acceptors (Lipinski definition) is 7. The van der Waals surface area contributed by atoms with E-state index in [9.17, 15) is 0 Å². The van der Waals surface area contributed by atoms with Crippen molar-refractivity contribution < 1.29 is 18.9 Å². The second kappa shape index (κ2) is 12.7. The predicted molar refractivity (Wildman–Crippen MR) is 148 cm³/mol. The van der Waals surface area contributed by atoms with E-state index in [0.29, 0.717) is 29.8 Å². The lowest BCUT2D eigenvalue weighted by atomic mass is 10.1. The lowest BCUT2D eigenvalue weighted by Gasteiger charge is -2.36. The van der Waals surface area contributed by atoms with E-state index in [2.05, 4.69) is 26.9 Å². The van der Waals surface area contributed by atoms with Crippen LogP contribution in [0, 0.1) is 0 Å². The van der Waals surface area contributed by atoms with Gasteiger partial charge in [-0.05, 0) is 43.3 Å². The first-order chi connectivity index (χ1) is 18.5. The molecular formula is C28H34Cl2N4O4. The molecule has 2 saturated heterocycles. The average Bonchev–Trinajstić information content (AvgIpc) is 3.59. The van der Waals surface area contributed by atoms with Gasteiger partial charge in [0.1, 0.15) is 18.5 Å². The van der Waals surface area contributed by atoms with Gasteiger partial charge in [0.15, 0.2) is 0 Å². The topological polar surface area (TPSA) is 61.2 Å². The Morgan fingerprint density at radius 3 is 2.61 bits per heavy atom. The molecule has 1 aromatic heterocycles. The van der Waals surface area contributed by atoms with Crippen LogP contribution in [-0.2, 0) is 26.5 Å². The second-order valence-electron chi connectivity index (χ2n) is 9.49. The minimum absolute atomic E-state index is 0.269. The Labute approximate surface area is 233 Å². The van der Waals surface area contributed by atoms with E-state index < -0.39 is 5.79 Å². The van der Waals surface area contributed by atoms with Gasteiger partial charge in [0.2, 0.25) is 5.79 Å². The van der Waals surface area contributed by atoms with Crippen LogP contribution in [0.15, 0.2) is 61.2 Å². The summed E-state index contributed by atoms with van der Waals surface area (Å²) >= 11 is 12.7. The third kappa shape index (κ3) is 6.62. The van der Waals surface area contributed by atoms with Crippen LogP contribution in [0.2, 0.25) is 10.0 Å². The first kappa shape index (κ1) is 27.2. The summed E-state index contributed by atoms with van der Waals surface area (Å²) in [5.41, 5.74) is 1.93. The smallest absolute Gasteiger partial charge is 0.215 e. The highest BCUT2D eigenvalue weighted by atomic mass is 35.5. The molecular weight excluding hydrogens is 527 g/mol. The first-order valence-corrected chi connectivity index (χ1v) is 13.8. The number of hydrogen-bond donors (Lipinski definition) is 0. The molecule has 204 valence electrons. The van der Waals surface area contributed by atoms with E-state index >= 15 is 0 Å². The van der Waals surface area contributed by atoms with Gasteiger partial charge in [-0.15, -0.1) is 0 Å². The highest BCUT2D eigenvalue weighted by Gasteiger charge is 2.45. The quantitative estimate of drug-likeness (QED) is 0.315. The zero-order chi connectivity index (χ0) is 26.4. The van der Waals surface area contributed by atoms with E-state index in [1.807, 2.05) is 35.9 Å². The molecule has 2 aliphatic rings. The van der Waals surface area contributed by atoms with Crippen molar-refractivity contribution in [2.75, 3.05) is 64.1 Å². The largest absolute Gasteiger partial charge is 0.491 e. The number of rotatable bonds is 11. The van der Waals surface area contributed by atoms with Gasteiger partial charge in [-0.25, -0.2) is 4.98 Å². The van der Waals surface area contributed by atoms with Gasteiger partial charge in [-0.2, -0.15) is 0 Å². The Balaban J connectivity index is 1.16. The fraction of sp³-hybridized carbons (Fsp3) is 0.464. The number of aromatic nitrogens is 2. The molecule has 0 N–H and O–H groups in total. The number of anilines is 1. The molecule has 0 bridgehead atoms. The molecule has 3 heterocycles. The highest BCUT2D eigenvalue weighted by Crippen LogP contribution is 2.40.